The van der Waals surface area contributed by atoms with Crippen LogP contribution in [0.1, 0.15) is 32.6 Å². The largest absolute Gasteiger partial charge is 0.653 e. The molecule has 160 valence electrons. The third kappa shape index (κ3) is 3.68. The second kappa shape index (κ2) is 8.95. The van der Waals surface area contributed by atoms with Gasteiger partial charge in [-0.2, -0.15) is 5.11 Å². The van der Waals surface area contributed by atoms with Gasteiger partial charge in [-0.15, -0.1) is 5.11 Å². The highest BCUT2D eigenvalue weighted by atomic mass is 16.5. The molecular weight excluding hydrogens is 393 g/mol. The molecule has 0 fully saturated rings. The Kier molecular flexibility index (Phi) is 5.72. The van der Waals surface area contributed by atoms with E-state index >= 15 is 0 Å². The van der Waals surface area contributed by atoms with Crippen molar-refractivity contribution >= 4 is 28.8 Å². The zero-order chi connectivity index (χ0) is 21.8. The molecule has 2 aliphatic rings. The second-order valence-electron chi connectivity index (χ2n) is 8.57. The topological polar surface area (TPSA) is 37.0 Å². The number of rotatable bonds is 4. The van der Waals surface area contributed by atoms with Crippen LogP contribution in [-0.2, 0) is 4.65 Å². The summed E-state index contributed by atoms with van der Waals surface area (Å²) in [6.45, 7) is 1.37. The Balaban J connectivity index is 1.71. The van der Waals surface area contributed by atoms with E-state index in [1.807, 2.05) is 37.3 Å². The third-order valence-corrected chi connectivity index (χ3v) is 6.58. The van der Waals surface area contributed by atoms with Gasteiger partial charge in [-0.25, -0.2) is 0 Å². The van der Waals surface area contributed by atoms with Crippen LogP contribution in [0, 0.1) is 0 Å². The van der Waals surface area contributed by atoms with E-state index in [0.29, 0.717) is 0 Å². The highest BCUT2D eigenvalue weighted by Crippen LogP contribution is 2.29. The minimum Gasteiger partial charge on any atom is -0.653 e. The van der Waals surface area contributed by atoms with Gasteiger partial charge in [0.25, 0.3) is 0 Å². The molecule has 2 aliphatic heterocycles. The van der Waals surface area contributed by atoms with Crippen LogP contribution in [0.4, 0.5) is 5.69 Å². The van der Waals surface area contributed by atoms with Gasteiger partial charge in [-0.1, -0.05) is 89.8 Å². The molecular formula is C27H28BN3O. The molecule has 3 aromatic rings. The molecule has 0 saturated heterocycles. The van der Waals surface area contributed by atoms with E-state index in [1.165, 1.54) is 23.1 Å². The van der Waals surface area contributed by atoms with Gasteiger partial charge in [0.15, 0.2) is 11.4 Å². The molecule has 0 unspecified atom stereocenters. The number of hydrogen-bond donors (Lipinski definition) is 0. The third-order valence-electron chi connectivity index (χ3n) is 6.58. The van der Waals surface area contributed by atoms with Gasteiger partial charge in [0, 0.05) is 12.8 Å². The first-order valence-corrected chi connectivity index (χ1v) is 11.5. The van der Waals surface area contributed by atoms with E-state index in [2.05, 4.69) is 70.3 Å². The highest BCUT2D eigenvalue weighted by molar-refractivity contribution is 6.92. The van der Waals surface area contributed by atoms with Crippen LogP contribution in [0.2, 0.25) is 0 Å². The smallest absolute Gasteiger partial charge is 0.508 e. The number of allylic oxidation sites excluding steroid dienone is 2. The summed E-state index contributed by atoms with van der Waals surface area (Å²) < 4.78 is 9.47. The zero-order valence-corrected chi connectivity index (χ0v) is 18.5. The maximum absolute atomic E-state index is 6.97. The maximum Gasteiger partial charge on any atom is 0.508 e. The summed E-state index contributed by atoms with van der Waals surface area (Å²) in [5, 5.41) is 9.27. The number of nitrogens with zero attached hydrogens (tertiary/aromatic N) is 3. The van der Waals surface area contributed by atoms with Crippen molar-refractivity contribution in [2.24, 2.45) is 10.2 Å². The molecule has 32 heavy (non-hydrogen) atoms. The van der Waals surface area contributed by atoms with Crippen molar-refractivity contribution in [2.45, 2.75) is 32.6 Å². The Labute approximate surface area is 190 Å². The van der Waals surface area contributed by atoms with Gasteiger partial charge in [0.2, 0.25) is 0 Å². The van der Waals surface area contributed by atoms with Crippen molar-refractivity contribution in [2.75, 3.05) is 6.54 Å². The summed E-state index contributed by atoms with van der Waals surface area (Å²) in [6.07, 6.45) is 4.47. The summed E-state index contributed by atoms with van der Waals surface area (Å²) in [6, 6.07) is 31.2. The van der Waals surface area contributed by atoms with Crippen molar-refractivity contribution < 1.29 is 9.14 Å². The minimum absolute atomic E-state index is 0.838. The SMILES string of the molecule is CC1=C(N=Nc2ccccc2)C2=[N+](CCCCC2)[B-](c2ccccc2)(c2ccccc2)O1. The van der Waals surface area contributed by atoms with Gasteiger partial charge in [-0.3, -0.25) is 0 Å². The molecule has 0 aromatic heterocycles. The first-order valence-electron chi connectivity index (χ1n) is 11.5. The number of benzene rings is 3. The molecule has 2 heterocycles. The van der Waals surface area contributed by atoms with Crippen LogP contribution in [-0.4, -0.2) is 23.2 Å². The monoisotopic (exact) mass is 421 g/mol. The standard InChI is InChI=1S/C27H28BN3O/c1-22-27(30-29-25-18-10-4-11-19-25)26-20-12-5-13-21-31(26)28(32-22,23-14-6-2-7-15-23)24-16-8-3-9-17-24/h2-4,6-11,14-19H,5,12-13,20-21H2,1H3. The zero-order valence-electron chi connectivity index (χ0n) is 18.5. The van der Waals surface area contributed by atoms with E-state index in [0.717, 1.165) is 43.0 Å². The molecule has 0 amide bonds. The predicted molar refractivity (Wildman–Crippen MR) is 131 cm³/mol. The molecule has 0 aliphatic carbocycles. The molecule has 5 rings (SSSR count). The molecule has 0 saturated carbocycles. The minimum atomic E-state index is -1.61. The quantitative estimate of drug-likeness (QED) is 0.415. The van der Waals surface area contributed by atoms with Crippen LogP contribution in [0.5, 0.6) is 0 Å². The van der Waals surface area contributed by atoms with E-state index < -0.39 is 6.48 Å². The predicted octanol–water partition coefficient (Wildman–Crippen LogP) is 5.32. The highest BCUT2D eigenvalue weighted by Gasteiger charge is 2.50. The Morgan fingerprint density at radius 3 is 1.94 bits per heavy atom. The summed E-state index contributed by atoms with van der Waals surface area (Å²) in [7, 11) is 0. The summed E-state index contributed by atoms with van der Waals surface area (Å²) in [5.74, 6) is 0.838. The lowest BCUT2D eigenvalue weighted by atomic mass is 9.40. The molecule has 0 radical (unpaired) electrons. The molecule has 0 atom stereocenters. The van der Waals surface area contributed by atoms with Gasteiger partial charge in [0.1, 0.15) is 0 Å². The lowest BCUT2D eigenvalue weighted by Gasteiger charge is -2.43. The average Bonchev–Trinajstić information content (AvgIpc) is 3.11. The molecule has 5 heteroatoms. The van der Waals surface area contributed by atoms with Gasteiger partial charge < -0.3 is 9.14 Å². The van der Waals surface area contributed by atoms with E-state index in [-0.39, 0.29) is 0 Å². The Morgan fingerprint density at radius 2 is 1.31 bits per heavy atom. The van der Waals surface area contributed by atoms with Crippen LogP contribution in [0.15, 0.2) is 113 Å². The van der Waals surface area contributed by atoms with Crippen molar-refractivity contribution in [3.63, 3.8) is 0 Å². The number of azo groups is 1. The van der Waals surface area contributed by atoms with Crippen molar-refractivity contribution in [3.8, 4) is 0 Å². The Hall–Kier alpha value is -3.47. The lowest BCUT2D eigenvalue weighted by Crippen LogP contribution is -2.71. The second-order valence-corrected chi connectivity index (χ2v) is 8.57. The molecule has 0 N–H and O–H groups in total. The summed E-state index contributed by atoms with van der Waals surface area (Å²) in [4.78, 5) is 0. The fraction of sp³-hybridized carbons (Fsp3) is 0.222. The Bertz CT molecular complexity index is 1130. The van der Waals surface area contributed by atoms with Crippen molar-refractivity contribution in [1.82, 2.24) is 0 Å². The van der Waals surface area contributed by atoms with E-state index in [1.54, 1.807) is 0 Å². The van der Waals surface area contributed by atoms with Crippen LogP contribution >= 0.6 is 0 Å². The maximum atomic E-state index is 6.97. The van der Waals surface area contributed by atoms with E-state index in [4.69, 9.17) is 9.77 Å². The normalized spacial score (nSPS) is 18.3. The first-order chi connectivity index (χ1) is 15.8. The number of hydrogen-bond acceptors (Lipinski definition) is 3. The summed E-state index contributed by atoms with van der Waals surface area (Å²) >= 11 is 0. The fourth-order valence-corrected chi connectivity index (χ4v) is 5.11. The van der Waals surface area contributed by atoms with Gasteiger partial charge in [0.05, 0.1) is 18.0 Å². The fourth-order valence-electron chi connectivity index (χ4n) is 5.11. The Morgan fingerprint density at radius 1 is 0.719 bits per heavy atom. The van der Waals surface area contributed by atoms with Crippen molar-refractivity contribution in [3.05, 3.63) is 102 Å². The van der Waals surface area contributed by atoms with E-state index in [9.17, 15) is 0 Å². The van der Waals surface area contributed by atoms with Gasteiger partial charge in [-0.05, 0) is 31.9 Å². The van der Waals surface area contributed by atoms with Crippen LogP contribution in [0.3, 0.4) is 0 Å². The van der Waals surface area contributed by atoms with Crippen LogP contribution < -0.4 is 10.9 Å². The van der Waals surface area contributed by atoms with Crippen LogP contribution in [0.25, 0.3) is 0 Å². The summed E-state index contributed by atoms with van der Waals surface area (Å²) in [5.41, 5.74) is 5.36. The molecule has 0 spiro atoms. The molecule has 4 nitrogen and oxygen atoms in total. The van der Waals surface area contributed by atoms with Crippen molar-refractivity contribution in [1.29, 1.82) is 0 Å². The average molecular weight is 421 g/mol. The first kappa shape index (κ1) is 20.4. The van der Waals surface area contributed by atoms with Gasteiger partial charge >= 0.3 is 6.48 Å². The molecule has 3 aromatic carbocycles. The molecule has 0 bridgehead atoms. The lowest BCUT2D eigenvalue weighted by molar-refractivity contribution is -0.413.